The minimum Gasteiger partial charge on any atom is -0.338 e. The number of thiazole rings is 1. The van der Waals surface area contributed by atoms with Crippen molar-refractivity contribution < 1.29 is 4.79 Å². The molecular weight excluding hydrogens is 246 g/mol. The van der Waals surface area contributed by atoms with Gasteiger partial charge in [-0.1, -0.05) is 6.92 Å². The lowest BCUT2D eigenvalue weighted by atomic mass is 10.0. The minimum absolute atomic E-state index is 0.179. The quantitative estimate of drug-likeness (QED) is 0.901. The van der Waals surface area contributed by atoms with Crippen molar-refractivity contribution in [2.24, 2.45) is 5.73 Å². The molecule has 0 spiro atoms. The number of rotatable bonds is 4. The summed E-state index contributed by atoms with van der Waals surface area (Å²) in [5.41, 5.74) is 6.65. The molecule has 1 fully saturated rings. The van der Waals surface area contributed by atoms with Gasteiger partial charge in [-0.25, -0.2) is 4.98 Å². The predicted octanol–water partition coefficient (Wildman–Crippen LogP) is 1.59. The zero-order valence-corrected chi connectivity index (χ0v) is 11.7. The number of nitrogens with two attached hydrogens (primary N) is 1. The van der Waals surface area contributed by atoms with E-state index >= 15 is 0 Å². The molecule has 1 aliphatic heterocycles. The van der Waals surface area contributed by atoms with Gasteiger partial charge in [0.05, 0.1) is 17.1 Å². The third kappa shape index (κ3) is 3.09. The van der Waals surface area contributed by atoms with Gasteiger partial charge >= 0.3 is 0 Å². The van der Waals surface area contributed by atoms with Crippen molar-refractivity contribution >= 4 is 17.2 Å². The molecule has 0 saturated carbocycles. The second kappa shape index (κ2) is 6.29. The van der Waals surface area contributed by atoms with E-state index in [0.717, 1.165) is 36.5 Å². The molecule has 0 bridgehead atoms. The smallest absolute Gasteiger partial charge is 0.228 e. The van der Waals surface area contributed by atoms with Gasteiger partial charge in [-0.15, -0.1) is 11.3 Å². The fraction of sp³-hybridized carbons (Fsp3) is 0.692. The fourth-order valence-electron chi connectivity index (χ4n) is 2.42. The largest absolute Gasteiger partial charge is 0.338 e. The Morgan fingerprint density at radius 1 is 1.61 bits per heavy atom. The van der Waals surface area contributed by atoms with E-state index in [-0.39, 0.29) is 11.9 Å². The molecular formula is C13H21N3OS. The van der Waals surface area contributed by atoms with Crippen molar-refractivity contribution in [3.63, 3.8) is 0 Å². The minimum atomic E-state index is 0.179. The standard InChI is InChI=1S/C13H21N3OS/c1-2-12-15-10(9-18-12)7-13(17)16-6-4-3-5-11(16)8-14/h9,11H,2-8,14H2,1H3. The van der Waals surface area contributed by atoms with E-state index in [1.54, 1.807) is 11.3 Å². The number of carbonyl (C=O) groups excluding carboxylic acids is 1. The molecule has 2 heterocycles. The molecule has 4 nitrogen and oxygen atoms in total. The van der Waals surface area contributed by atoms with Gasteiger partial charge in [-0.05, 0) is 25.7 Å². The van der Waals surface area contributed by atoms with Crippen LogP contribution >= 0.6 is 11.3 Å². The summed E-state index contributed by atoms with van der Waals surface area (Å²) in [4.78, 5) is 18.7. The van der Waals surface area contributed by atoms with Crippen LogP contribution < -0.4 is 5.73 Å². The average molecular weight is 267 g/mol. The first-order valence-corrected chi connectivity index (χ1v) is 7.55. The Hall–Kier alpha value is -0.940. The number of hydrogen-bond donors (Lipinski definition) is 1. The number of likely N-dealkylation sites (tertiary alicyclic amines) is 1. The Kier molecular flexibility index (Phi) is 4.72. The number of amides is 1. The first-order valence-electron chi connectivity index (χ1n) is 6.67. The van der Waals surface area contributed by atoms with E-state index in [2.05, 4.69) is 11.9 Å². The van der Waals surface area contributed by atoms with Crippen molar-refractivity contribution in [3.05, 3.63) is 16.1 Å². The van der Waals surface area contributed by atoms with Crippen LogP contribution in [0.5, 0.6) is 0 Å². The molecule has 1 saturated heterocycles. The van der Waals surface area contributed by atoms with Gasteiger partial charge in [-0.3, -0.25) is 4.79 Å². The summed E-state index contributed by atoms with van der Waals surface area (Å²) in [6.07, 6.45) is 4.68. The van der Waals surface area contributed by atoms with E-state index in [1.165, 1.54) is 6.42 Å². The van der Waals surface area contributed by atoms with Crippen molar-refractivity contribution in [2.75, 3.05) is 13.1 Å². The van der Waals surface area contributed by atoms with Crippen LogP contribution in [-0.2, 0) is 17.6 Å². The molecule has 2 rings (SSSR count). The summed E-state index contributed by atoms with van der Waals surface area (Å²) in [5, 5.41) is 3.10. The Balaban J connectivity index is 1.97. The predicted molar refractivity (Wildman–Crippen MR) is 73.6 cm³/mol. The van der Waals surface area contributed by atoms with Crippen molar-refractivity contribution in [1.29, 1.82) is 0 Å². The van der Waals surface area contributed by atoms with Crippen LogP contribution in [0.4, 0.5) is 0 Å². The van der Waals surface area contributed by atoms with Crippen molar-refractivity contribution in [3.8, 4) is 0 Å². The zero-order valence-electron chi connectivity index (χ0n) is 10.9. The highest BCUT2D eigenvalue weighted by Crippen LogP contribution is 2.18. The molecule has 2 N–H and O–H groups in total. The number of piperidine rings is 1. The molecule has 100 valence electrons. The summed E-state index contributed by atoms with van der Waals surface area (Å²) < 4.78 is 0. The first kappa shape index (κ1) is 13.5. The average Bonchev–Trinajstić information content (AvgIpc) is 2.86. The van der Waals surface area contributed by atoms with Gasteiger partial charge in [0.1, 0.15) is 0 Å². The van der Waals surface area contributed by atoms with Crippen LogP contribution in [0.15, 0.2) is 5.38 Å². The maximum atomic E-state index is 12.3. The normalized spacial score (nSPS) is 20.1. The number of aromatic nitrogens is 1. The van der Waals surface area contributed by atoms with E-state index in [9.17, 15) is 4.79 Å². The number of hydrogen-bond acceptors (Lipinski definition) is 4. The monoisotopic (exact) mass is 267 g/mol. The van der Waals surface area contributed by atoms with Crippen molar-refractivity contribution in [1.82, 2.24) is 9.88 Å². The van der Waals surface area contributed by atoms with Gasteiger partial charge in [-0.2, -0.15) is 0 Å². The molecule has 1 aromatic heterocycles. The molecule has 1 amide bonds. The number of aryl methyl sites for hydroxylation is 1. The van der Waals surface area contributed by atoms with Crippen LogP contribution in [0.25, 0.3) is 0 Å². The first-order chi connectivity index (χ1) is 8.74. The van der Waals surface area contributed by atoms with Gasteiger partial charge in [0, 0.05) is 24.5 Å². The molecule has 1 aliphatic rings. The molecule has 1 aromatic rings. The molecule has 18 heavy (non-hydrogen) atoms. The summed E-state index contributed by atoms with van der Waals surface area (Å²) in [7, 11) is 0. The summed E-state index contributed by atoms with van der Waals surface area (Å²) in [6, 6.07) is 0.232. The Morgan fingerprint density at radius 2 is 2.44 bits per heavy atom. The Labute approximate surface area is 112 Å². The Bertz CT molecular complexity index is 405. The maximum Gasteiger partial charge on any atom is 0.228 e. The molecule has 0 aliphatic carbocycles. The van der Waals surface area contributed by atoms with Crippen LogP contribution in [0.1, 0.15) is 36.9 Å². The summed E-state index contributed by atoms with van der Waals surface area (Å²) in [6.45, 7) is 3.51. The maximum absolute atomic E-state index is 12.3. The van der Waals surface area contributed by atoms with Gasteiger partial charge in [0.2, 0.25) is 5.91 Å². The van der Waals surface area contributed by atoms with Crippen LogP contribution in [0.3, 0.4) is 0 Å². The van der Waals surface area contributed by atoms with Crippen molar-refractivity contribution in [2.45, 2.75) is 45.1 Å². The van der Waals surface area contributed by atoms with E-state index in [1.807, 2.05) is 10.3 Å². The van der Waals surface area contributed by atoms with Crippen LogP contribution in [0, 0.1) is 0 Å². The third-order valence-corrected chi connectivity index (χ3v) is 4.50. The molecule has 5 heteroatoms. The fourth-order valence-corrected chi connectivity index (χ4v) is 3.17. The lowest BCUT2D eigenvalue weighted by Crippen LogP contribution is -2.48. The van der Waals surface area contributed by atoms with Crippen LogP contribution in [0.2, 0.25) is 0 Å². The zero-order chi connectivity index (χ0) is 13.0. The van der Waals surface area contributed by atoms with Crippen LogP contribution in [-0.4, -0.2) is 34.9 Å². The summed E-state index contributed by atoms with van der Waals surface area (Å²) >= 11 is 1.64. The highest BCUT2D eigenvalue weighted by molar-refractivity contribution is 7.09. The van der Waals surface area contributed by atoms with E-state index in [4.69, 9.17) is 5.73 Å². The second-order valence-electron chi connectivity index (χ2n) is 4.74. The molecule has 1 unspecified atom stereocenters. The SMILES string of the molecule is CCc1nc(CC(=O)N2CCCCC2CN)cs1. The van der Waals surface area contributed by atoms with Gasteiger partial charge in [0.15, 0.2) is 0 Å². The number of carbonyl (C=O) groups is 1. The van der Waals surface area contributed by atoms with E-state index < -0.39 is 0 Å². The second-order valence-corrected chi connectivity index (χ2v) is 5.68. The Morgan fingerprint density at radius 3 is 3.11 bits per heavy atom. The molecule has 0 radical (unpaired) electrons. The summed E-state index contributed by atoms with van der Waals surface area (Å²) in [5.74, 6) is 0.179. The topological polar surface area (TPSA) is 59.2 Å². The third-order valence-electron chi connectivity index (χ3n) is 3.45. The highest BCUT2D eigenvalue weighted by atomic mass is 32.1. The molecule has 1 atom stereocenters. The van der Waals surface area contributed by atoms with E-state index in [0.29, 0.717) is 13.0 Å². The lowest BCUT2D eigenvalue weighted by molar-refractivity contribution is -0.133. The van der Waals surface area contributed by atoms with Gasteiger partial charge in [0.25, 0.3) is 0 Å². The highest BCUT2D eigenvalue weighted by Gasteiger charge is 2.25. The number of nitrogens with zero attached hydrogens (tertiary/aromatic N) is 2. The lowest BCUT2D eigenvalue weighted by Gasteiger charge is -2.35. The van der Waals surface area contributed by atoms with Gasteiger partial charge < -0.3 is 10.6 Å². The molecule has 0 aromatic carbocycles.